The Morgan fingerprint density at radius 1 is 1.20 bits per heavy atom. The summed E-state index contributed by atoms with van der Waals surface area (Å²) < 4.78 is 12.9. The lowest BCUT2D eigenvalue weighted by atomic mass is 9.84. The van der Waals surface area contributed by atoms with Crippen molar-refractivity contribution >= 4 is 11.8 Å². The summed E-state index contributed by atoms with van der Waals surface area (Å²) >= 11 is 0. The summed E-state index contributed by atoms with van der Waals surface area (Å²) in [4.78, 5) is 23.1. The number of hydrogen-bond acceptors (Lipinski definition) is 2. The Kier molecular flexibility index (Phi) is 5.43. The van der Waals surface area contributed by atoms with E-state index in [1.54, 1.807) is 26.0 Å². The van der Waals surface area contributed by atoms with Crippen LogP contribution in [0, 0.1) is 5.82 Å². The Balaban J connectivity index is 2.54. The minimum Gasteiger partial charge on any atom is -0.354 e. The molecule has 0 saturated carbocycles. The highest BCUT2D eigenvalue weighted by Crippen LogP contribution is 2.23. The average Bonchev–Trinajstić information content (AvgIpc) is 2.43. The molecule has 0 atom stereocenters. The second-order valence-electron chi connectivity index (χ2n) is 4.88. The first-order valence-electron chi connectivity index (χ1n) is 6.32. The number of carbonyl (C=O) groups excluding carboxylic acids is 2. The molecule has 0 heterocycles. The van der Waals surface area contributed by atoms with Gasteiger partial charge in [0.15, 0.2) is 0 Å². The fraction of sp³-hybridized carbons (Fsp3) is 0.333. The molecular formula is C15H19FN2O2. The van der Waals surface area contributed by atoms with Crippen molar-refractivity contribution < 1.29 is 14.0 Å². The number of benzene rings is 1. The molecule has 0 unspecified atom stereocenters. The highest BCUT2D eigenvalue weighted by Gasteiger charge is 2.29. The molecule has 1 rings (SSSR count). The van der Waals surface area contributed by atoms with Gasteiger partial charge in [0.2, 0.25) is 11.8 Å². The van der Waals surface area contributed by atoms with Gasteiger partial charge in [-0.2, -0.15) is 0 Å². The smallest absolute Gasteiger partial charge is 0.243 e. The van der Waals surface area contributed by atoms with E-state index in [2.05, 4.69) is 17.2 Å². The first kappa shape index (κ1) is 15.9. The van der Waals surface area contributed by atoms with Gasteiger partial charge in [-0.25, -0.2) is 4.39 Å². The summed E-state index contributed by atoms with van der Waals surface area (Å²) in [6.07, 6.45) is 1.17. The molecule has 20 heavy (non-hydrogen) atoms. The van der Waals surface area contributed by atoms with Crippen LogP contribution in [-0.4, -0.2) is 24.9 Å². The van der Waals surface area contributed by atoms with Crippen molar-refractivity contribution in [2.75, 3.05) is 13.1 Å². The van der Waals surface area contributed by atoms with Gasteiger partial charge in [0.25, 0.3) is 0 Å². The van der Waals surface area contributed by atoms with E-state index in [1.807, 2.05) is 0 Å². The normalized spacial score (nSPS) is 10.8. The van der Waals surface area contributed by atoms with Crippen LogP contribution in [0.25, 0.3) is 0 Å². The van der Waals surface area contributed by atoms with Crippen molar-refractivity contribution in [3.63, 3.8) is 0 Å². The predicted octanol–water partition coefficient (Wildman–Crippen LogP) is 1.52. The second kappa shape index (κ2) is 6.84. The minimum atomic E-state index is -0.768. The molecular weight excluding hydrogens is 259 g/mol. The van der Waals surface area contributed by atoms with Gasteiger partial charge in [0.05, 0.1) is 5.41 Å². The first-order chi connectivity index (χ1) is 9.37. The van der Waals surface area contributed by atoms with Gasteiger partial charge in [-0.15, -0.1) is 0 Å². The van der Waals surface area contributed by atoms with E-state index in [0.29, 0.717) is 13.1 Å². The van der Waals surface area contributed by atoms with Gasteiger partial charge >= 0.3 is 0 Å². The van der Waals surface area contributed by atoms with Gasteiger partial charge in [-0.3, -0.25) is 9.59 Å². The van der Waals surface area contributed by atoms with Crippen LogP contribution in [0.5, 0.6) is 0 Å². The minimum absolute atomic E-state index is 0.183. The lowest BCUT2D eigenvalue weighted by molar-refractivity contribution is -0.125. The number of amides is 2. The number of nitrogens with one attached hydrogen (secondary N) is 2. The molecule has 0 bridgehead atoms. The zero-order valence-corrected chi connectivity index (χ0v) is 11.7. The molecule has 0 aliphatic heterocycles. The summed E-state index contributed by atoms with van der Waals surface area (Å²) in [7, 11) is 0. The van der Waals surface area contributed by atoms with Crippen molar-refractivity contribution in [1.82, 2.24) is 10.6 Å². The third-order valence-electron chi connectivity index (χ3n) is 3.03. The molecule has 0 saturated heterocycles. The fourth-order valence-corrected chi connectivity index (χ4v) is 1.65. The second-order valence-corrected chi connectivity index (χ2v) is 4.88. The van der Waals surface area contributed by atoms with Crippen LogP contribution >= 0.6 is 0 Å². The van der Waals surface area contributed by atoms with E-state index in [4.69, 9.17) is 0 Å². The van der Waals surface area contributed by atoms with Crippen molar-refractivity contribution in [3.05, 3.63) is 48.3 Å². The highest BCUT2D eigenvalue weighted by atomic mass is 19.1. The van der Waals surface area contributed by atoms with Gasteiger partial charge in [0.1, 0.15) is 5.82 Å². The first-order valence-corrected chi connectivity index (χ1v) is 6.32. The molecule has 0 aliphatic carbocycles. The molecule has 0 aromatic heterocycles. The van der Waals surface area contributed by atoms with E-state index in [9.17, 15) is 14.0 Å². The van der Waals surface area contributed by atoms with Crippen LogP contribution in [-0.2, 0) is 15.0 Å². The third-order valence-corrected chi connectivity index (χ3v) is 3.03. The van der Waals surface area contributed by atoms with Crippen molar-refractivity contribution in [1.29, 1.82) is 0 Å². The summed E-state index contributed by atoms with van der Waals surface area (Å²) in [5.74, 6) is -0.800. The average molecular weight is 278 g/mol. The van der Waals surface area contributed by atoms with E-state index in [0.717, 1.165) is 5.56 Å². The maximum atomic E-state index is 12.9. The molecule has 2 N–H and O–H groups in total. The molecule has 1 aromatic rings. The summed E-state index contributed by atoms with van der Waals surface area (Å²) in [5, 5.41) is 5.30. The lowest BCUT2D eigenvalue weighted by Crippen LogP contribution is -2.43. The number of carbonyl (C=O) groups is 2. The molecule has 1 aromatic carbocycles. The van der Waals surface area contributed by atoms with Crippen molar-refractivity contribution in [2.45, 2.75) is 19.3 Å². The van der Waals surface area contributed by atoms with Crippen LogP contribution < -0.4 is 10.6 Å². The molecule has 0 aliphatic rings. The van der Waals surface area contributed by atoms with Gasteiger partial charge in [-0.05, 0) is 37.6 Å². The van der Waals surface area contributed by atoms with E-state index < -0.39 is 5.41 Å². The number of halogens is 1. The quantitative estimate of drug-likeness (QED) is 0.612. The zero-order valence-electron chi connectivity index (χ0n) is 11.7. The van der Waals surface area contributed by atoms with Gasteiger partial charge in [-0.1, -0.05) is 18.7 Å². The van der Waals surface area contributed by atoms with Crippen LogP contribution in [0.3, 0.4) is 0 Å². The largest absolute Gasteiger partial charge is 0.354 e. The number of hydrogen-bond donors (Lipinski definition) is 2. The SMILES string of the molecule is C=CC(=O)NCCNC(=O)C(C)(C)c1ccc(F)cc1. The van der Waals surface area contributed by atoms with Crippen LogP contribution in [0.1, 0.15) is 19.4 Å². The van der Waals surface area contributed by atoms with Crippen LogP contribution in [0.15, 0.2) is 36.9 Å². The Labute approximate surface area is 118 Å². The topological polar surface area (TPSA) is 58.2 Å². The molecule has 0 spiro atoms. The molecule has 108 valence electrons. The molecule has 0 radical (unpaired) electrons. The Bertz CT molecular complexity index is 495. The molecule has 4 nitrogen and oxygen atoms in total. The van der Waals surface area contributed by atoms with E-state index in [-0.39, 0.29) is 17.6 Å². The lowest BCUT2D eigenvalue weighted by Gasteiger charge is -2.24. The zero-order chi connectivity index (χ0) is 15.2. The highest BCUT2D eigenvalue weighted by molar-refractivity contribution is 5.88. The Hall–Kier alpha value is -2.17. The Morgan fingerprint density at radius 2 is 1.75 bits per heavy atom. The monoisotopic (exact) mass is 278 g/mol. The summed E-state index contributed by atoms with van der Waals surface area (Å²) in [6.45, 7) is 7.51. The number of rotatable bonds is 6. The molecule has 5 heteroatoms. The van der Waals surface area contributed by atoms with Crippen molar-refractivity contribution in [3.8, 4) is 0 Å². The molecule has 2 amide bonds. The summed E-state index contributed by atoms with van der Waals surface area (Å²) in [6, 6.07) is 5.84. The Morgan fingerprint density at radius 3 is 2.30 bits per heavy atom. The van der Waals surface area contributed by atoms with Crippen LogP contribution in [0.2, 0.25) is 0 Å². The van der Waals surface area contributed by atoms with Crippen molar-refractivity contribution in [2.24, 2.45) is 0 Å². The maximum Gasteiger partial charge on any atom is 0.243 e. The maximum absolute atomic E-state index is 12.9. The van der Waals surface area contributed by atoms with Gasteiger partial charge < -0.3 is 10.6 Å². The third kappa shape index (κ3) is 4.19. The van der Waals surface area contributed by atoms with E-state index >= 15 is 0 Å². The van der Waals surface area contributed by atoms with E-state index in [1.165, 1.54) is 18.2 Å². The van der Waals surface area contributed by atoms with Crippen LogP contribution in [0.4, 0.5) is 4.39 Å². The standard InChI is InChI=1S/C15H19FN2O2/c1-4-13(19)17-9-10-18-14(20)15(2,3)11-5-7-12(16)8-6-11/h4-8H,1,9-10H2,2-3H3,(H,17,19)(H,18,20). The molecule has 0 fully saturated rings. The van der Waals surface area contributed by atoms with Gasteiger partial charge in [0, 0.05) is 13.1 Å². The fourth-order valence-electron chi connectivity index (χ4n) is 1.65. The predicted molar refractivity (Wildman–Crippen MR) is 75.6 cm³/mol. The summed E-state index contributed by atoms with van der Waals surface area (Å²) in [5.41, 5.74) is -0.0394.